The third-order valence-electron chi connectivity index (χ3n) is 4.00. The maximum Gasteiger partial charge on any atom is 0.272 e. The Balaban J connectivity index is 0.00000180. The number of H-pyrrole nitrogens is 1. The van der Waals surface area contributed by atoms with E-state index in [9.17, 15) is 4.79 Å². The molecule has 0 spiro atoms. The molecule has 3 N–H and O–H groups in total. The van der Waals surface area contributed by atoms with Gasteiger partial charge in [0.15, 0.2) is 5.69 Å². The number of aromatic amines is 1. The maximum absolute atomic E-state index is 12.3. The molecule has 0 bridgehead atoms. The molecule has 0 aliphatic carbocycles. The first kappa shape index (κ1) is 16.0. The summed E-state index contributed by atoms with van der Waals surface area (Å²) in [5, 5.41) is 13.5. The van der Waals surface area contributed by atoms with Gasteiger partial charge in [-0.25, -0.2) is 0 Å². The zero-order chi connectivity index (χ0) is 13.2. The highest BCUT2D eigenvalue weighted by Gasteiger charge is 2.27. The van der Waals surface area contributed by atoms with Crippen LogP contribution in [-0.4, -0.2) is 28.2 Å². The maximum atomic E-state index is 12.3. The Morgan fingerprint density at radius 3 is 2.74 bits per heavy atom. The molecule has 5 nitrogen and oxygen atoms in total. The number of nitrogens with one attached hydrogen (secondary N) is 3. The van der Waals surface area contributed by atoms with Gasteiger partial charge in [-0.2, -0.15) is 5.10 Å². The van der Waals surface area contributed by atoms with E-state index in [1.165, 1.54) is 0 Å². The minimum absolute atomic E-state index is 0. The first-order valence-electron chi connectivity index (χ1n) is 6.69. The van der Waals surface area contributed by atoms with E-state index in [0.717, 1.165) is 43.6 Å². The molecule has 0 atom stereocenters. The van der Waals surface area contributed by atoms with E-state index in [1.54, 1.807) is 0 Å². The first-order valence-corrected chi connectivity index (χ1v) is 6.69. The number of fused-ring (bicyclic) bond motifs is 1. The number of amides is 1. The van der Waals surface area contributed by atoms with Gasteiger partial charge in [-0.05, 0) is 19.8 Å². The summed E-state index contributed by atoms with van der Waals surface area (Å²) in [7, 11) is 0. The summed E-state index contributed by atoms with van der Waals surface area (Å²) in [4.78, 5) is 12.3. The summed E-state index contributed by atoms with van der Waals surface area (Å²) in [6, 6.07) is 0. The molecule has 0 fully saturated rings. The van der Waals surface area contributed by atoms with E-state index in [2.05, 4.69) is 41.6 Å². The second-order valence-electron chi connectivity index (χ2n) is 5.18. The lowest BCUT2D eigenvalue weighted by Crippen LogP contribution is -2.45. The normalized spacial score (nSPS) is 14.5. The zero-order valence-electron chi connectivity index (χ0n) is 11.8. The van der Waals surface area contributed by atoms with Gasteiger partial charge in [0.25, 0.3) is 5.91 Å². The number of hydrogen-bond acceptors (Lipinski definition) is 3. The third kappa shape index (κ3) is 3.28. The fourth-order valence-electron chi connectivity index (χ4n) is 2.17. The van der Waals surface area contributed by atoms with Crippen LogP contribution in [0.15, 0.2) is 0 Å². The molecule has 0 saturated carbocycles. The van der Waals surface area contributed by atoms with Gasteiger partial charge in [-0.1, -0.05) is 13.8 Å². The van der Waals surface area contributed by atoms with Gasteiger partial charge < -0.3 is 10.6 Å². The van der Waals surface area contributed by atoms with Crippen molar-refractivity contribution in [2.75, 3.05) is 6.54 Å². The molecule has 1 aromatic rings. The minimum Gasteiger partial charge on any atom is -0.346 e. The molecular weight excluding hydrogens is 264 g/mol. The zero-order valence-corrected chi connectivity index (χ0v) is 12.6. The molecule has 1 aromatic heterocycles. The van der Waals surface area contributed by atoms with Crippen LogP contribution in [0.5, 0.6) is 0 Å². The summed E-state index contributed by atoms with van der Waals surface area (Å²) in [6.45, 7) is 7.92. The topological polar surface area (TPSA) is 69.8 Å². The van der Waals surface area contributed by atoms with Gasteiger partial charge in [0, 0.05) is 36.3 Å². The average molecular weight is 287 g/mol. The standard InChI is InChI=1S/C13H22N4O.ClH/c1-4-13(3,5-2)15-12(18)11-9-8-14-7-6-10(9)16-17-11;/h14H,4-8H2,1-3H3,(H,15,18)(H,16,17);1H. The van der Waals surface area contributed by atoms with Gasteiger partial charge in [0.05, 0.1) is 0 Å². The van der Waals surface area contributed by atoms with Gasteiger partial charge in [0.2, 0.25) is 0 Å². The minimum atomic E-state index is -0.148. The third-order valence-corrected chi connectivity index (χ3v) is 4.00. The van der Waals surface area contributed by atoms with Crippen molar-refractivity contribution in [3.05, 3.63) is 17.0 Å². The lowest BCUT2D eigenvalue weighted by atomic mass is 9.95. The van der Waals surface area contributed by atoms with Crippen LogP contribution in [-0.2, 0) is 13.0 Å². The summed E-state index contributed by atoms with van der Waals surface area (Å²) >= 11 is 0. The van der Waals surface area contributed by atoms with Crippen molar-refractivity contribution in [2.24, 2.45) is 0 Å². The summed E-state index contributed by atoms with van der Waals surface area (Å²) in [5.41, 5.74) is 2.51. The van der Waals surface area contributed by atoms with Crippen LogP contribution in [0.4, 0.5) is 0 Å². The van der Waals surface area contributed by atoms with Crippen molar-refractivity contribution < 1.29 is 4.79 Å². The van der Waals surface area contributed by atoms with Gasteiger partial charge in [-0.3, -0.25) is 9.89 Å². The average Bonchev–Trinajstić information content (AvgIpc) is 2.82. The smallest absolute Gasteiger partial charge is 0.272 e. The van der Waals surface area contributed by atoms with Crippen LogP contribution < -0.4 is 10.6 Å². The van der Waals surface area contributed by atoms with E-state index >= 15 is 0 Å². The van der Waals surface area contributed by atoms with E-state index < -0.39 is 0 Å². The quantitative estimate of drug-likeness (QED) is 0.790. The van der Waals surface area contributed by atoms with Gasteiger partial charge in [-0.15, -0.1) is 12.4 Å². The molecule has 0 saturated heterocycles. The Hall–Kier alpha value is -1.07. The monoisotopic (exact) mass is 286 g/mol. The lowest BCUT2D eigenvalue weighted by Gasteiger charge is -2.28. The van der Waals surface area contributed by atoms with Crippen LogP contribution in [0.25, 0.3) is 0 Å². The molecular formula is C13H23ClN4O. The van der Waals surface area contributed by atoms with Gasteiger partial charge in [0.1, 0.15) is 0 Å². The number of rotatable bonds is 4. The number of hydrogen-bond donors (Lipinski definition) is 3. The number of nitrogens with zero attached hydrogens (tertiary/aromatic N) is 1. The number of carbonyl (C=O) groups is 1. The van der Waals surface area contributed by atoms with Crippen molar-refractivity contribution in [3.8, 4) is 0 Å². The Kier molecular flexibility index (Phi) is 5.38. The Labute approximate surface area is 120 Å². The molecule has 0 radical (unpaired) electrons. The predicted molar refractivity (Wildman–Crippen MR) is 77.7 cm³/mol. The van der Waals surface area contributed by atoms with Crippen molar-refractivity contribution >= 4 is 18.3 Å². The van der Waals surface area contributed by atoms with Crippen molar-refractivity contribution in [1.29, 1.82) is 0 Å². The first-order chi connectivity index (χ1) is 8.59. The fourth-order valence-corrected chi connectivity index (χ4v) is 2.17. The second-order valence-corrected chi connectivity index (χ2v) is 5.18. The van der Waals surface area contributed by atoms with Crippen LogP contribution in [0.1, 0.15) is 55.4 Å². The fraction of sp³-hybridized carbons (Fsp3) is 0.692. The molecule has 19 heavy (non-hydrogen) atoms. The van der Waals surface area contributed by atoms with Crippen LogP contribution in [0.3, 0.4) is 0 Å². The van der Waals surface area contributed by atoms with Crippen molar-refractivity contribution in [2.45, 2.75) is 52.1 Å². The van der Waals surface area contributed by atoms with E-state index in [0.29, 0.717) is 5.69 Å². The van der Waals surface area contributed by atoms with Crippen LogP contribution in [0, 0.1) is 0 Å². The molecule has 6 heteroatoms. The highest BCUT2D eigenvalue weighted by molar-refractivity contribution is 5.94. The molecule has 2 rings (SSSR count). The SMILES string of the molecule is CCC(C)(CC)NC(=O)c1n[nH]c2c1CNCC2.Cl. The summed E-state index contributed by atoms with van der Waals surface area (Å²) in [5.74, 6) is -0.0672. The van der Waals surface area contributed by atoms with Crippen molar-refractivity contribution in [1.82, 2.24) is 20.8 Å². The number of halogens is 1. The molecule has 1 amide bonds. The van der Waals surface area contributed by atoms with E-state index in [-0.39, 0.29) is 23.9 Å². The van der Waals surface area contributed by atoms with Gasteiger partial charge >= 0.3 is 0 Å². The largest absolute Gasteiger partial charge is 0.346 e. The molecule has 1 aliphatic heterocycles. The Bertz CT molecular complexity index is 440. The molecule has 0 unspecified atom stereocenters. The van der Waals surface area contributed by atoms with E-state index in [4.69, 9.17) is 0 Å². The second kappa shape index (κ2) is 6.39. The molecule has 2 heterocycles. The highest BCUT2D eigenvalue weighted by atomic mass is 35.5. The summed E-state index contributed by atoms with van der Waals surface area (Å²) < 4.78 is 0. The van der Waals surface area contributed by atoms with Crippen molar-refractivity contribution in [3.63, 3.8) is 0 Å². The lowest BCUT2D eigenvalue weighted by molar-refractivity contribution is 0.0894. The Morgan fingerprint density at radius 2 is 2.11 bits per heavy atom. The number of aromatic nitrogens is 2. The van der Waals surface area contributed by atoms with Crippen LogP contribution in [0.2, 0.25) is 0 Å². The predicted octanol–water partition coefficient (Wildman–Crippen LogP) is 1.79. The summed E-state index contributed by atoms with van der Waals surface area (Å²) in [6.07, 6.45) is 2.74. The molecule has 108 valence electrons. The Morgan fingerprint density at radius 1 is 1.42 bits per heavy atom. The van der Waals surface area contributed by atoms with E-state index in [1.807, 2.05) is 0 Å². The highest BCUT2D eigenvalue weighted by Crippen LogP contribution is 2.18. The molecule has 1 aliphatic rings. The molecule has 0 aromatic carbocycles. The van der Waals surface area contributed by atoms with Crippen LogP contribution >= 0.6 is 12.4 Å². The number of carbonyl (C=O) groups excluding carboxylic acids is 1.